The Balaban J connectivity index is 2.55. The standard InChI is InChI=1S/C10H13BrFN/c1-13(8-2-7-11)10-5-3-9(12)4-6-10/h3-6H,2,7-8H2,1H3. The van der Waals surface area contributed by atoms with E-state index in [2.05, 4.69) is 20.8 Å². The minimum Gasteiger partial charge on any atom is -0.375 e. The van der Waals surface area contributed by atoms with Gasteiger partial charge in [-0.25, -0.2) is 4.39 Å². The van der Waals surface area contributed by atoms with Gasteiger partial charge in [-0.2, -0.15) is 0 Å². The second-order valence-corrected chi connectivity index (χ2v) is 3.73. The van der Waals surface area contributed by atoms with Crippen LogP contribution in [0.1, 0.15) is 6.42 Å². The summed E-state index contributed by atoms with van der Waals surface area (Å²) in [5.41, 5.74) is 1.06. The summed E-state index contributed by atoms with van der Waals surface area (Å²) in [6.07, 6.45) is 1.09. The van der Waals surface area contributed by atoms with Gasteiger partial charge in [-0.05, 0) is 30.7 Å². The summed E-state index contributed by atoms with van der Waals surface area (Å²) in [5, 5.41) is 0.999. The lowest BCUT2D eigenvalue weighted by atomic mass is 10.3. The van der Waals surface area contributed by atoms with Crippen LogP contribution in [-0.2, 0) is 0 Å². The SMILES string of the molecule is CN(CCCBr)c1ccc(F)cc1. The summed E-state index contributed by atoms with van der Waals surface area (Å²) >= 11 is 3.38. The van der Waals surface area contributed by atoms with Gasteiger partial charge in [0, 0.05) is 24.6 Å². The number of alkyl halides is 1. The predicted octanol–water partition coefficient (Wildman–Crippen LogP) is 3.05. The Labute approximate surface area is 86.7 Å². The molecule has 1 nitrogen and oxygen atoms in total. The van der Waals surface area contributed by atoms with Gasteiger partial charge in [0.15, 0.2) is 0 Å². The number of anilines is 1. The van der Waals surface area contributed by atoms with Gasteiger partial charge >= 0.3 is 0 Å². The van der Waals surface area contributed by atoms with Crippen LogP contribution in [-0.4, -0.2) is 18.9 Å². The van der Waals surface area contributed by atoms with E-state index in [1.165, 1.54) is 12.1 Å². The third-order valence-corrected chi connectivity index (χ3v) is 2.46. The van der Waals surface area contributed by atoms with Gasteiger partial charge in [-0.15, -0.1) is 0 Å². The van der Waals surface area contributed by atoms with Crippen molar-refractivity contribution in [2.45, 2.75) is 6.42 Å². The molecule has 72 valence electrons. The highest BCUT2D eigenvalue weighted by atomic mass is 79.9. The number of halogens is 2. The van der Waals surface area contributed by atoms with Crippen molar-refractivity contribution in [3.05, 3.63) is 30.1 Å². The van der Waals surface area contributed by atoms with Gasteiger partial charge in [0.2, 0.25) is 0 Å². The molecule has 0 aliphatic rings. The van der Waals surface area contributed by atoms with Crippen molar-refractivity contribution >= 4 is 21.6 Å². The zero-order valence-electron chi connectivity index (χ0n) is 7.63. The van der Waals surface area contributed by atoms with E-state index in [1.54, 1.807) is 12.1 Å². The molecule has 0 bridgehead atoms. The molecule has 3 heteroatoms. The molecule has 0 spiro atoms. The fourth-order valence-corrected chi connectivity index (χ4v) is 1.37. The molecule has 0 aromatic heterocycles. The first-order chi connectivity index (χ1) is 6.24. The quantitative estimate of drug-likeness (QED) is 0.738. The molecule has 0 unspecified atom stereocenters. The van der Waals surface area contributed by atoms with Crippen LogP contribution in [0.15, 0.2) is 24.3 Å². The van der Waals surface area contributed by atoms with Crippen molar-refractivity contribution in [3.8, 4) is 0 Å². The van der Waals surface area contributed by atoms with E-state index < -0.39 is 0 Å². The number of benzene rings is 1. The highest BCUT2D eigenvalue weighted by Crippen LogP contribution is 2.13. The molecule has 0 radical (unpaired) electrons. The van der Waals surface area contributed by atoms with Gasteiger partial charge in [0.25, 0.3) is 0 Å². The van der Waals surface area contributed by atoms with E-state index in [4.69, 9.17) is 0 Å². The Kier molecular flexibility index (Phi) is 4.22. The van der Waals surface area contributed by atoms with E-state index >= 15 is 0 Å². The maximum Gasteiger partial charge on any atom is 0.123 e. The van der Waals surface area contributed by atoms with Crippen LogP contribution in [0.4, 0.5) is 10.1 Å². The topological polar surface area (TPSA) is 3.24 Å². The first-order valence-corrected chi connectivity index (χ1v) is 5.39. The van der Waals surface area contributed by atoms with Crippen LogP contribution in [0.2, 0.25) is 0 Å². The number of hydrogen-bond donors (Lipinski definition) is 0. The molecule has 1 aromatic rings. The van der Waals surface area contributed by atoms with Crippen LogP contribution in [0, 0.1) is 5.82 Å². The molecule has 0 saturated carbocycles. The molecule has 0 amide bonds. The fourth-order valence-electron chi connectivity index (χ4n) is 1.12. The molecule has 13 heavy (non-hydrogen) atoms. The lowest BCUT2D eigenvalue weighted by Gasteiger charge is -2.18. The zero-order valence-corrected chi connectivity index (χ0v) is 9.22. The first-order valence-electron chi connectivity index (χ1n) is 4.26. The largest absolute Gasteiger partial charge is 0.375 e. The van der Waals surface area contributed by atoms with Crippen molar-refractivity contribution in [1.29, 1.82) is 0 Å². The molecule has 0 fully saturated rings. The molecule has 0 saturated heterocycles. The maximum absolute atomic E-state index is 12.6. The summed E-state index contributed by atoms with van der Waals surface area (Å²) in [5.74, 6) is -0.183. The number of rotatable bonds is 4. The first kappa shape index (κ1) is 10.5. The Morgan fingerprint density at radius 3 is 2.46 bits per heavy atom. The third-order valence-electron chi connectivity index (χ3n) is 1.89. The second kappa shape index (κ2) is 5.22. The average Bonchev–Trinajstić information content (AvgIpc) is 2.15. The zero-order chi connectivity index (χ0) is 9.68. The van der Waals surface area contributed by atoms with Gasteiger partial charge in [-0.3, -0.25) is 0 Å². The summed E-state index contributed by atoms with van der Waals surface area (Å²) in [7, 11) is 2.01. The Morgan fingerprint density at radius 2 is 1.92 bits per heavy atom. The van der Waals surface area contributed by atoms with Crippen molar-refractivity contribution in [2.24, 2.45) is 0 Å². The minimum atomic E-state index is -0.183. The minimum absolute atomic E-state index is 0.183. The molecule has 1 aromatic carbocycles. The van der Waals surface area contributed by atoms with Crippen LogP contribution in [0.5, 0.6) is 0 Å². The van der Waals surface area contributed by atoms with E-state index in [0.29, 0.717) is 0 Å². The highest BCUT2D eigenvalue weighted by molar-refractivity contribution is 9.09. The molecule has 0 atom stereocenters. The van der Waals surface area contributed by atoms with Gasteiger partial charge in [-0.1, -0.05) is 15.9 Å². The lowest BCUT2D eigenvalue weighted by Crippen LogP contribution is -2.18. The molecule has 0 aliphatic carbocycles. The predicted molar refractivity (Wildman–Crippen MR) is 58.1 cm³/mol. The molecule has 0 heterocycles. The molecular weight excluding hydrogens is 233 g/mol. The van der Waals surface area contributed by atoms with E-state index in [9.17, 15) is 4.39 Å². The Hall–Kier alpha value is -0.570. The highest BCUT2D eigenvalue weighted by Gasteiger charge is 1.99. The summed E-state index contributed by atoms with van der Waals surface area (Å²) in [6.45, 7) is 0.983. The number of nitrogens with zero attached hydrogens (tertiary/aromatic N) is 1. The monoisotopic (exact) mass is 245 g/mol. The van der Waals surface area contributed by atoms with Crippen LogP contribution in [0.3, 0.4) is 0 Å². The van der Waals surface area contributed by atoms with E-state index in [0.717, 1.165) is 24.0 Å². The molecule has 0 N–H and O–H groups in total. The van der Waals surface area contributed by atoms with Crippen molar-refractivity contribution < 1.29 is 4.39 Å². The maximum atomic E-state index is 12.6. The van der Waals surface area contributed by atoms with Gasteiger partial charge in [0.1, 0.15) is 5.82 Å². The Bertz CT molecular complexity index is 248. The van der Waals surface area contributed by atoms with Gasteiger partial charge < -0.3 is 4.90 Å². The van der Waals surface area contributed by atoms with Crippen molar-refractivity contribution in [3.63, 3.8) is 0 Å². The smallest absolute Gasteiger partial charge is 0.123 e. The molecular formula is C10H13BrFN. The average molecular weight is 246 g/mol. The normalized spacial score (nSPS) is 10.1. The Morgan fingerprint density at radius 1 is 1.31 bits per heavy atom. The number of hydrogen-bond acceptors (Lipinski definition) is 1. The second-order valence-electron chi connectivity index (χ2n) is 2.94. The van der Waals surface area contributed by atoms with Crippen molar-refractivity contribution in [1.82, 2.24) is 0 Å². The third kappa shape index (κ3) is 3.35. The van der Waals surface area contributed by atoms with Crippen LogP contribution >= 0.6 is 15.9 Å². The molecule has 1 rings (SSSR count). The summed E-state index contributed by atoms with van der Waals surface area (Å²) in [4.78, 5) is 2.11. The van der Waals surface area contributed by atoms with Gasteiger partial charge in [0.05, 0.1) is 0 Å². The van der Waals surface area contributed by atoms with Crippen molar-refractivity contribution in [2.75, 3.05) is 23.8 Å². The van der Waals surface area contributed by atoms with E-state index in [1.807, 2.05) is 7.05 Å². The summed E-state index contributed by atoms with van der Waals surface area (Å²) < 4.78 is 12.6. The van der Waals surface area contributed by atoms with Crippen LogP contribution < -0.4 is 4.90 Å². The molecule has 0 aliphatic heterocycles. The fraction of sp³-hybridized carbons (Fsp3) is 0.400. The summed E-state index contributed by atoms with van der Waals surface area (Å²) in [6, 6.07) is 6.56. The lowest BCUT2D eigenvalue weighted by molar-refractivity contribution is 0.627. The van der Waals surface area contributed by atoms with E-state index in [-0.39, 0.29) is 5.82 Å². The van der Waals surface area contributed by atoms with Crippen LogP contribution in [0.25, 0.3) is 0 Å².